The second-order valence-electron chi connectivity index (χ2n) is 18.7. The Morgan fingerprint density at radius 1 is 0.300 bits per heavy atom. The number of nitrogens with zero attached hydrogens (tertiary/aromatic N) is 4. The molecule has 0 amide bonds. The summed E-state index contributed by atoms with van der Waals surface area (Å²) < 4.78 is 4.54. The van der Waals surface area contributed by atoms with E-state index in [9.17, 15) is 10.5 Å². The highest BCUT2D eigenvalue weighted by molar-refractivity contribution is 6.14. The van der Waals surface area contributed by atoms with Gasteiger partial charge in [0, 0.05) is 21.5 Å². The summed E-state index contributed by atoms with van der Waals surface area (Å²) in [5.74, 6) is 0. The lowest BCUT2D eigenvalue weighted by Gasteiger charge is -2.19. The summed E-state index contributed by atoms with van der Waals surface area (Å²) in [6.45, 7) is 8.51. The maximum atomic E-state index is 11.8. The zero-order valence-corrected chi connectivity index (χ0v) is 39.4. The number of aryl methyl sites for hydroxylation is 4. The van der Waals surface area contributed by atoms with Crippen molar-refractivity contribution in [3.8, 4) is 79.1 Å². The van der Waals surface area contributed by atoms with Crippen molar-refractivity contribution in [3.05, 3.63) is 240 Å². The van der Waals surface area contributed by atoms with Crippen molar-refractivity contribution in [2.45, 2.75) is 27.7 Å². The van der Waals surface area contributed by atoms with E-state index < -0.39 is 0 Å². The van der Waals surface area contributed by atoms with Crippen LogP contribution in [-0.4, -0.2) is 9.13 Å². The molecule has 10 aromatic carbocycles. The number of fused-ring (bicyclic) bond motifs is 6. The fourth-order valence-electron chi connectivity index (χ4n) is 10.6. The molecule has 2 heterocycles. The first kappa shape index (κ1) is 42.2. The smallest absolute Gasteiger partial charge is 0.104 e. The Kier molecular flexibility index (Phi) is 10.1. The molecule has 2 aromatic heterocycles. The van der Waals surface area contributed by atoms with E-state index in [2.05, 4.69) is 231 Å². The van der Waals surface area contributed by atoms with Crippen molar-refractivity contribution >= 4 is 43.6 Å². The molecule has 0 saturated heterocycles. The number of hydrogen-bond acceptors (Lipinski definition) is 2. The van der Waals surface area contributed by atoms with Crippen molar-refractivity contribution in [3.63, 3.8) is 0 Å². The van der Waals surface area contributed by atoms with E-state index in [0.29, 0.717) is 11.1 Å². The average Bonchev–Trinajstić information content (AvgIpc) is 3.89. The minimum atomic E-state index is 0.520. The van der Waals surface area contributed by atoms with Gasteiger partial charge in [0.05, 0.1) is 45.1 Å². The van der Waals surface area contributed by atoms with Crippen LogP contribution in [0.2, 0.25) is 0 Å². The summed E-state index contributed by atoms with van der Waals surface area (Å²) in [5, 5.41) is 26.7. The van der Waals surface area contributed by atoms with Crippen molar-refractivity contribution in [1.29, 1.82) is 10.5 Å². The van der Waals surface area contributed by atoms with E-state index in [0.717, 1.165) is 111 Å². The number of hydrogen-bond donors (Lipinski definition) is 0. The van der Waals surface area contributed by atoms with Gasteiger partial charge in [0.15, 0.2) is 0 Å². The minimum absolute atomic E-state index is 0.520. The molecule has 0 saturated carbocycles. The van der Waals surface area contributed by atoms with Gasteiger partial charge >= 0.3 is 0 Å². The standard InChI is InChI=1S/C66H46N4/c1-41-11-7-16-45(29-41)49-21-25-61-56(33-49)57-34-50(46-17-8-12-42(2)30-46)22-26-62(57)69(61)65-37-54(55-20-6-5-15-53(55)39-67)38-66(60(65)40-68)70-63-27-23-51(47-18-9-13-43(3)31-47)35-58(63)59-36-52(24-28-64(59)70)48-19-10-14-44(4)32-48/h5-38H,1-4H3. The molecular formula is C66H46N4. The topological polar surface area (TPSA) is 57.4 Å². The zero-order chi connectivity index (χ0) is 47.6. The third-order valence-electron chi connectivity index (χ3n) is 14.0. The normalized spacial score (nSPS) is 11.4. The van der Waals surface area contributed by atoms with Crippen LogP contribution in [0.3, 0.4) is 0 Å². The molecule has 330 valence electrons. The molecule has 70 heavy (non-hydrogen) atoms. The Morgan fingerprint density at radius 2 is 0.629 bits per heavy atom. The summed E-state index contributed by atoms with van der Waals surface area (Å²) in [7, 11) is 0. The first-order valence-electron chi connectivity index (χ1n) is 23.8. The van der Waals surface area contributed by atoms with E-state index in [-0.39, 0.29) is 0 Å². The highest BCUT2D eigenvalue weighted by atomic mass is 15.0. The van der Waals surface area contributed by atoms with Crippen LogP contribution < -0.4 is 0 Å². The lowest BCUT2D eigenvalue weighted by atomic mass is 9.96. The van der Waals surface area contributed by atoms with Gasteiger partial charge in [-0.3, -0.25) is 0 Å². The van der Waals surface area contributed by atoms with Gasteiger partial charge in [-0.2, -0.15) is 10.5 Å². The molecule has 0 fully saturated rings. The van der Waals surface area contributed by atoms with Gasteiger partial charge in [0.1, 0.15) is 11.6 Å². The third-order valence-corrected chi connectivity index (χ3v) is 14.0. The molecule has 0 aliphatic heterocycles. The quantitative estimate of drug-likeness (QED) is 0.160. The maximum Gasteiger partial charge on any atom is 0.104 e. The molecule has 0 bridgehead atoms. The Hall–Kier alpha value is -9.22. The Labute approximate surface area is 407 Å². The van der Waals surface area contributed by atoms with Gasteiger partial charge in [-0.15, -0.1) is 0 Å². The first-order valence-corrected chi connectivity index (χ1v) is 23.8. The van der Waals surface area contributed by atoms with E-state index in [1.165, 1.54) is 22.3 Å². The van der Waals surface area contributed by atoms with E-state index >= 15 is 0 Å². The van der Waals surface area contributed by atoms with Crippen molar-refractivity contribution in [1.82, 2.24) is 9.13 Å². The SMILES string of the molecule is Cc1cccc(-c2ccc3c(c2)c2cc(-c4cccc(C)c4)ccc2n3-c2cc(-c3ccccc3C#N)cc(-n3c4ccc(-c5cccc(C)c5)cc4c4cc(-c5cccc(C)c5)ccc43)c2C#N)c1. The third kappa shape index (κ3) is 7.14. The Morgan fingerprint density at radius 3 is 0.943 bits per heavy atom. The van der Waals surface area contributed by atoms with Crippen molar-refractivity contribution in [2.24, 2.45) is 0 Å². The molecule has 0 atom stereocenters. The van der Waals surface area contributed by atoms with Crippen LogP contribution in [-0.2, 0) is 0 Å². The second kappa shape index (κ2) is 16.8. The summed E-state index contributed by atoms with van der Waals surface area (Å²) >= 11 is 0. The second-order valence-corrected chi connectivity index (χ2v) is 18.7. The molecule has 0 radical (unpaired) electrons. The number of benzene rings is 10. The van der Waals surface area contributed by atoms with Crippen LogP contribution in [0.25, 0.3) is 111 Å². The highest BCUT2D eigenvalue weighted by Gasteiger charge is 2.24. The number of aromatic nitrogens is 2. The summed E-state index contributed by atoms with van der Waals surface area (Å²) in [6, 6.07) is 78.6. The van der Waals surface area contributed by atoms with Gasteiger partial charge < -0.3 is 9.13 Å². The Bertz CT molecular complexity index is 3760. The van der Waals surface area contributed by atoms with E-state index in [4.69, 9.17) is 0 Å². The van der Waals surface area contributed by atoms with Crippen LogP contribution in [0.5, 0.6) is 0 Å². The molecule has 4 heteroatoms. The fraction of sp³-hybridized carbons (Fsp3) is 0.0606. The van der Waals surface area contributed by atoms with Crippen molar-refractivity contribution in [2.75, 3.05) is 0 Å². The lowest BCUT2D eigenvalue weighted by molar-refractivity contribution is 1.12. The Balaban J connectivity index is 1.19. The van der Waals surface area contributed by atoms with Crippen LogP contribution in [0.15, 0.2) is 206 Å². The van der Waals surface area contributed by atoms with Crippen LogP contribution in [0, 0.1) is 50.4 Å². The minimum Gasteiger partial charge on any atom is -0.308 e. The largest absolute Gasteiger partial charge is 0.308 e. The van der Waals surface area contributed by atoms with Gasteiger partial charge in [0.2, 0.25) is 0 Å². The van der Waals surface area contributed by atoms with Gasteiger partial charge in [-0.1, -0.05) is 162 Å². The van der Waals surface area contributed by atoms with Gasteiger partial charge in [-0.25, -0.2) is 0 Å². The summed E-state index contributed by atoms with van der Waals surface area (Å²) in [6.07, 6.45) is 0. The molecule has 12 rings (SSSR count). The molecule has 0 unspecified atom stereocenters. The maximum absolute atomic E-state index is 11.8. The molecule has 4 nitrogen and oxygen atoms in total. The fourth-order valence-corrected chi connectivity index (χ4v) is 10.6. The first-order chi connectivity index (χ1) is 34.2. The summed E-state index contributed by atoms with van der Waals surface area (Å²) in [4.78, 5) is 0. The zero-order valence-electron chi connectivity index (χ0n) is 39.4. The molecule has 0 N–H and O–H groups in total. The predicted molar refractivity (Wildman–Crippen MR) is 291 cm³/mol. The summed E-state index contributed by atoms with van der Waals surface area (Å²) in [5.41, 5.74) is 22.0. The van der Waals surface area contributed by atoms with Crippen LogP contribution >= 0.6 is 0 Å². The van der Waals surface area contributed by atoms with E-state index in [1.54, 1.807) is 0 Å². The van der Waals surface area contributed by atoms with Crippen LogP contribution in [0.1, 0.15) is 33.4 Å². The van der Waals surface area contributed by atoms with Crippen LogP contribution in [0.4, 0.5) is 0 Å². The number of rotatable bonds is 7. The highest BCUT2D eigenvalue weighted by Crippen LogP contribution is 2.44. The van der Waals surface area contributed by atoms with Gasteiger partial charge in [-0.05, 0) is 150 Å². The molecular weight excluding hydrogens is 849 g/mol. The van der Waals surface area contributed by atoms with Crippen molar-refractivity contribution < 1.29 is 0 Å². The number of nitriles is 2. The monoisotopic (exact) mass is 894 g/mol. The molecule has 0 aliphatic rings. The molecule has 0 spiro atoms. The van der Waals surface area contributed by atoms with Gasteiger partial charge in [0.25, 0.3) is 0 Å². The average molecular weight is 895 g/mol. The molecule has 0 aliphatic carbocycles. The molecule has 12 aromatic rings. The predicted octanol–water partition coefficient (Wildman–Crippen LogP) is 17.2. The lowest BCUT2D eigenvalue weighted by Crippen LogP contribution is -2.05. The van der Waals surface area contributed by atoms with E-state index in [1.807, 2.05) is 24.3 Å².